The monoisotopic (exact) mass is 321 g/mol. The van der Waals surface area contributed by atoms with Gasteiger partial charge in [-0.3, -0.25) is 4.79 Å². The van der Waals surface area contributed by atoms with E-state index in [4.69, 9.17) is 0 Å². The molecule has 0 bridgehead atoms. The molecule has 1 heterocycles. The summed E-state index contributed by atoms with van der Waals surface area (Å²) < 4.78 is 26.4. The van der Waals surface area contributed by atoms with Crippen LogP contribution in [0.1, 0.15) is 39.5 Å². The number of carbonyl (C=O) groups excluding carboxylic acids is 1. The standard InChI is InChI=1S/C14H21F2NO3S/c1-8(2)12-17(10(7-21-12)13(19)20)11(18)9-3-5-14(15,16)6-4-9/h8-10,12H,3-7H2,1-2H3,(H,19,20). The maximum Gasteiger partial charge on any atom is 0.327 e. The van der Waals surface area contributed by atoms with Crippen LogP contribution in [0.3, 0.4) is 0 Å². The van der Waals surface area contributed by atoms with E-state index in [1.165, 1.54) is 16.7 Å². The second kappa shape index (κ2) is 6.10. The van der Waals surface area contributed by atoms with Gasteiger partial charge in [-0.1, -0.05) is 13.8 Å². The van der Waals surface area contributed by atoms with Crippen molar-refractivity contribution in [3.05, 3.63) is 0 Å². The maximum absolute atomic E-state index is 13.2. The second-order valence-electron chi connectivity index (χ2n) is 6.20. The van der Waals surface area contributed by atoms with Crippen molar-refractivity contribution in [2.45, 2.75) is 56.9 Å². The number of carbonyl (C=O) groups is 2. The lowest BCUT2D eigenvalue weighted by molar-refractivity contribution is -0.153. The molecule has 7 heteroatoms. The van der Waals surface area contributed by atoms with Crippen LogP contribution in [0.15, 0.2) is 0 Å². The van der Waals surface area contributed by atoms with Crippen LogP contribution < -0.4 is 0 Å². The average molecular weight is 321 g/mol. The summed E-state index contributed by atoms with van der Waals surface area (Å²) in [6.07, 6.45) is -0.281. The topological polar surface area (TPSA) is 57.6 Å². The molecule has 21 heavy (non-hydrogen) atoms. The van der Waals surface area contributed by atoms with Gasteiger partial charge in [0.1, 0.15) is 6.04 Å². The number of carboxylic acid groups (broad SMARTS) is 1. The molecule has 1 aliphatic heterocycles. The fourth-order valence-electron chi connectivity index (χ4n) is 3.01. The molecule has 0 aromatic carbocycles. The molecule has 1 amide bonds. The van der Waals surface area contributed by atoms with E-state index in [0.29, 0.717) is 5.75 Å². The van der Waals surface area contributed by atoms with Crippen molar-refractivity contribution in [3.8, 4) is 0 Å². The van der Waals surface area contributed by atoms with Gasteiger partial charge in [0.05, 0.1) is 5.37 Å². The zero-order valence-electron chi connectivity index (χ0n) is 12.2. The van der Waals surface area contributed by atoms with E-state index in [-0.39, 0.29) is 42.9 Å². The number of alkyl halides is 2. The van der Waals surface area contributed by atoms with Gasteiger partial charge in [-0.25, -0.2) is 13.6 Å². The molecule has 1 saturated carbocycles. The highest BCUT2D eigenvalue weighted by Gasteiger charge is 2.46. The summed E-state index contributed by atoms with van der Waals surface area (Å²) in [5, 5.41) is 9.11. The summed E-state index contributed by atoms with van der Waals surface area (Å²) in [7, 11) is 0. The van der Waals surface area contributed by atoms with Crippen LogP contribution in [0, 0.1) is 11.8 Å². The summed E-state index contributed by atoms with van der Waals surface area (Å²) >= 11 is 1.46. The van der Waals surface area contributed by atoms with E-state index < -0.39 is 23.9 Å². The number of rotatable bonds is 3. The number of carboxylic acids is 1. The third-order valence-electron chi connectivity index (χ3n) is 4.21. The molecular formula is C14H21F2NO3S. The third kappa shape index (κ3) is 3.49. The lowest BCUT2D eigenvalue weighted by Gasteiger charge is -2.35. The summed E-state index contributed by atoms with van der Waals surface area (Å²) in [5.41, 5.74) is 0. The molecule has 2 fully saturated rings. The van der Waals surface area contributed by atoms with Gasteiger partial charge in [0.25, 0.3) is 0 Å². The number of amides is 1. The SMILES string of the molecule is CC(C)C1SCC(C(=O)O)N1C(=O)C1CCC(F)(F)CC1. The third-order valence-corrected chi connectivity index (χ3v) is 5.83. The van der Waals surface area contributed by atoms with Crippen LogP contribution in [0.25, 0.3) is 0 Å². The molecule has 2 rings (SSSR count). The van der Waals surface area contributed by atoms with Crippen LogP contribution in [-0.4, -0.2) is 45.0 Å². The van der Waals surface area contributed by atoms with Crippen LogP contribution >= 0.6 is 11.8 Å². The lowest BCUT2D eigenvalue weighted by Crippen LogP contribution is -2.50. The fourth-order valence-corrected chi connectivity index (χ4v) is 4.49. The predicted octanol–water partition coefficient (Wildman–Crippen LogP) is 2.82. The van der Waals surface area contributed by atoms with E-state index in [9.17, 15) is 23.5 Å². The molecule has 2 unspecified atom stereocenters. The van der Waals surface area contributed by atoms with Crippen LogP contribution in [0.2, 0.25) is 0 Å². The number of hydrogen-bond donors (Lipinski definition) is 1. The average Bonchev–Trinajstić information content (AvgIpc) is 2.82. The second-order valence-corrected chi connectivity index (χ2v) is 7.35. The first-order chi connectivity index (χ1) is 9.73. The zero-order chi connectivity index (χ0) is 15.8. The molecule has 1 aliphatic carbocycles. The van der Waals surface area contributed by atoms with Crippen molar-refractivity contribution in [1.82, 2.24) is 4.90 Å². The summed E-state index contributed by atoms with van der Waals surface area (Å²) in [4.78, 5) is 25.4. The molecule has 4 nitrogen and oxygen atoms in total. The highest BCUT2D eigenvalue weighted by atomic mass is 32.2. The summed E-state index contributed by atoms with van der Waals surface area (Å²) in [6.45, 7) is 3.88. The summed E-state index contributed by atoms with van der Waals surface area (Å²) in [5.74, 6) is -3.92. The quantitative estimate of drug-likeness (QED) is 0.868. The largest absolute Gasteiger partial charge is 0.480 e. The van der Waals surface area contributed by atoms with Crippen molar-refractivity contribution < 1.29 is 23.5 Å². The number of nitrogens with zero attached hydrogens (tertiary/aromatic N) is 1. The Morgan fingerprint density at radius 1 is 1.29 bits per heavy atom. The summed E-state index contributed by atoms with van der Waals surface area (Å²) in [6, 6.07) is -0.836. The molecule has 0 aromatic rings. The van der Waals surface area contributed by atoms with Gasteiger partial charge in [0.15, 0.2) is 0 Å². The van der Waals surface area contributed by atoms with Gasteiger partial charge in [-0.2, -0.15) is 0 Å². The minimum Gasteiger partial charge on any atom is -0.480 e. The molecule has 1 saturated heterocycles. The van der Waals surface area contributed by atoms with Gasteiger partial charge < -0.3 is 10.0 Å². The molecule has 120 valence electrons. The molecule has 1 N–H and O–H groups in total. The number of hydrogen-bond acceptors (Lipinski definition) is 3. The molecule has 2 aliphatic rings. The van der Waals surface area contributed by atoms with E-state index in [0.717, 1.165) is 0 Å². The normalized spacial score (nSPS) is 29.9. The maximum atomic E-state index is 13.2. The van der Waals surface area contributed by atoms with Gasteiger partial charge in [-0.15, -0.1) is 11.8 Å². The molecular weight excluding hydrogens is 300 g/mol. The Morgan fingerprint density at radius 2 is 1.86 bits per heavy atom. The highest BCUT2D eigenvalue weighted by Crippen LogP contribution is 2.40. The Balaban J connectivity index is 2.12. The molecule has 2 atom stereocenters. The first kappa shape index (κ1) is 16.5. The predicted molar refractivity (Wildman–Crippen MR) is 76.3 cm³/mol. The van der Waals surface area contributed by atoms with Gasteiger partial charge in [-0.05, 0) is 18.8 Å². The van der Waals surface area contributed by atoms with E-state index in [1.54, 1.807) is 0 Å². The van der Waals surface area contributed by atoms with Crippen LogP contribution in [0.5, 0.6) is 0 Å². The Bertz CT molecular complexity index is 420. The fraction of sp³-hybridized carbons (Fsp3) is 0.857. The molecule has 0 radical (unpaired) electrons. The minimum atomic E-state index is -2.68. The Kier molecular flexibility index (Phi) is 4.80. The Labute approximate surface area is 127 Å². The highest BCUT2D eigenvalue weighted by molar-refractivity contribution is 8.00. The van der Waals surface area contributed by atoms with E-state index >= 15 is 0 Å². The number of aliphatic carboxylic acids is 1. The van der Waals surface area contributed by atoms with Gasteiger partial charge in [0.2, 0.25) is 11.8 Å². The lowest BCUT2D eigenvalue weighted by atomic mass is 9.85. The van der Waals surface area contributed by atoms with Crippen molar-refractivity contribution in [2.24, 2.45) is 11.8 Å². The Hall–Kier alpha value is -0.850. The first-order valence-corrected chi connectivity index (χ1v) is 8.32. The van der Waals surface area contributed by atoms with Gasteiger partial charge >= 0.3 is 5.97 Å². The van der Waals surface area contributed by atoms with Crippen molar-refractivity contribution in [2.75, 3.05) is 5.75 Å². The number of thioether (sulfide) groups is 1. The van der Waals surface area contributed by atoms with Crippen molar-refractivity contribution >= 4 is 23.6 Å². The van der Waals surface area contributed by atoms with Crippen LogP contribution in [-0.2, 0) is 9.59 Å². The Morgan fingerprint density at radius 3 is 2.33 bits per heavy atom. The first-order valence-electron chi connectivity index (χ1n) is 7.27. The smallest absolute Gasteiger partial charge is 0.327 e. The van der Waals surface area contributed by atoms with Crippen molar-refractivity contribution in [3.63, 3.8) is 0 Å². The minimum absolute atomic E-state index is 0.133. The zero-order valence-corrected chi connectivity index (χ0v) is 13.0. The number of halogens is 2. The van der Waals surface area contributed by atoms with Crippen molar-refractivity contribution in [1.29, 1.82) is 0 Å². The van der Waals surface area contributed by atoms with Crippen LogP contribution in [0.4, 0.5) is 8.78 Å². The van der Waals surface area contributed by atoms with E-state index in [2.05, 4.69) is 0 Å². The van der Waals surface area contributed by atoms with E-state index in [1.807, 2.05) is 13.8 Å². The molecule has 0 spiro atoms. The molecule has 0 aromatic heterocycles. The van der Waals surface area contributed by atoms with Gasteiger partial charge in [0, 0.05) is 24.5 Å².